The summed E-state index contributed by atoms with van der Waals surface area (Å²) in [4.78, 5) is 11.7. The highest BCUT2D eigenvalue weighted by Crippen LogP contribution is 2.36. The quantitative estimate of drug-likeness (QED) is 0.331. The van der Waals surface area contributed by atoms with Gasteiger partial charge in [-0.15, -0.1) is 6.58 Å². The summed E-state index contributed by atoms with van der Waals surface area (Å²) in [7, 11) is 1.39. The van der Waals surface area contributed by atoms with E-state index >= 15 is 0 Å². The number of halogens is 1. The number of methoxy groups -OCH3 is 1. The Bertz CT molecular complexity index is 256. The highest BCUT2D eigenvalue weighted by molar-refractivity contribution is 14.1. The average molecular weight is 340 g/mol. The van der Waals surface area contributed by atoms with E-state index in [1.807, 2.05) is 6.92 Å². The van der Waals surface area contributed by atoms with Crippen LogP contribution in [0.2, 0.25) is 0 Å². The van der Waals surface area contributed by atoms with Crippen LogP contribution >= 0.6 is 22.6 Å². The minimum absolute atomic E-state index is 0.0714. The molecule has 0 unspecified atom stereocenters. The predicted molar refractivity (Wildman–Crippen MR) is 68.4 cm³/mol. The third-order valence-corrected chi connectivity index (χ3v) is 3.70. The molecule has 1 heterocycles. The summed E-state index contributed by atoms with van der Waals surface area (Å²) in [5.74, 6) is -0.559. The van der Waals surface area contributed by atoms with Crippen LogP contribution in [0, 0.1) is 11.8 Å². The maximum Gasteiger partial charge on any atom is 0.314 e. The van der Waals surface area contributed by atoms with E-state index in [0.717, 1.165) is 4.43 Å². The van der Waals surface area contributed by atoms with E-state index < -0.39 is 6.29 Å². The Kier molecular flexibility index (Phi) is 5.71. The van der Waals surface area contributed by atoms with Crippen LogP contribution in [0.1, 0.15) is 6.92 Å². The second-order valence-corrected chi connectivity index (χ2v) is 4.41. The fraction of sp³-hybridized carbons (Fsp3) is 0.727. The van der Waals surface area contributed by atoms with Crippen molar-refractivity contribution in [3.63, 3.8) is 0 Å². The second kappa shape index (κ2) is 6.56. The van der Waals surface area contributed by atoms with Gasteiger partial charge < -0.3 is 14.2 Å². The first-order valence-electron chi connectivity index (χ1n) is 5.23. The zero-order valence-corrected chi connectivity index (χ0v) is 11.7. The Morgan fingerprint density at radius 3 is 2.75 bits per heavy atom. The van der Waals surface area contributed by atoms with E-state index in [4.69, 9.17) is 14.2 Å². The Morgan fingerprint density at radius 2 is 2.31 bits per heavy atom. The third kappa shape index (κ3) is 2.75. The van der Waals surface area contributed by atoms with Crippen molar-refractivity contribution in [2.45, 2.75) is 19.3 Å². The monoisotopic (exact) mass is 340 g/mol. The van der Waals surface area contributed by atoms with Gasteiger partial charge in [0.1, 0.15) is 5.92 Å². The van der Waals surface area contributed by atoms with Gasteiger partial charge in [-0.05, 0) is 6.92 Å². The number of carbonyl (C=O) groups excluding carboxylic acids is 1. The van der Waals surface area contributed by atoms with E-state index in [9.17, 15) is 4.79 Å². The first-order valence-corrected chi connectivity index (χ1v) is 6.75. The summed E-state index contributed by atoms with van der Waals surface area (Å²) in [6.45, 7) is 6.10. The third-order valence-electron chi connectivity index (χ3n) is 2.68. The minimum Gasteiger partial charge on any atom is -0.469 e. The van der Waals surface area contributed by atoms with Gasteiger partial charge >= 0.3 is 5.97 Å². The van der Waals surface area contributed by atoms with Crippen LogP contribution in [-0.4, -0.2) is 36.5 Å². The first kappa shape index (κ1) is 13.9. The summed E-state index contributed by atoms with van der Waals surface area (Å²) in [6, 6.07) is 0. The molecular weight excluding hydrogens is 323 g/mol. The molecule has 4 atom stereocenters. The normalized spacial score (nSPS) is 33.7. The molecule has 0 aromatic carbocycles. The number of carbonyl (C=O) groups is 1. The zero-order valence-electron chi connectivity index (χ0n) is 9.52. The Morgan fingerprint density at radius 1 is 1.62 bits per heavy atom. The fourth-order valence-electron chi connectivity index (χ4n) is 1.89. The maximum atomic E-state index is 11.7. The molecule has 1 saturated heterocycles. The number of alkyl halides is 1. The number of rotatable bonds is 5. The van der Waals surface area contributed by atoms with Crippen molar-refractivity contribution in [3.05, 3.63) is 12.7 Å². The van der Waals surface area contributed by atoms with Gasteiger partial charge in [0.25, 0.3) is 0 Å². The Balaban J connectivity index is 2.85. The molecule has 1 aliphatic rings. The van der Waals surface area contributed by atoms with Crippen LogP contribution in [0.4, 0.5) is 0 Å². The van der Waals surface area contributed by atoms with Crippen molar-refractivity contribution in [2.75, 3.05) is 18.1 Å². The van der Waals surface area contributed by atoms with Crippen molar-refractivity contribution >= 4 is 28.6 Å². The topological polar surface area (TPSA) is 44.8 Å². The maximum absolute atomic E-state index is 11.7. The fourth-order valence-corrected chi connectivity index (χ4v) is 2.94. The van der Waals surface area contributed by atoms with Gasteiger partial charge in [0, 0.05) is 17.0 Å². The van der Waals surface area contributed by atoms with Crippen molar-refractivity contribution in [1.82, 2.24) is 0 Å². The van der Waals surface area contributed by atoms with Gasteiger partial charge in [-0.2, -0.15) is 0 Å². The number of hydrogen-bond acceptors (Lipinski definition) is 4. The van der Waals surface area contributed by atoms with Crippen LogP contribution in [0.15, 0.2) is 12.7 Å². The summed E-state index contributed by atoms with van der Waals surface area (Å²) in [6.07, 6.45) is 1.07. The largest absolute Gasteiger partial charge is 0.469 e. The Hall–Kier alpha value is -0.140. The molecule has 0 aromatic rings. The lowest BCUT2D eigenvalue weighted by molar-refractivity contribution is -0.169. The lowest BCUT2D eigenvalue weighted by Gasteiger charge is -2.19. The number of ether oxygens (including phenoxy) is 3. The van der Waals surface area contributed by atoms with Gasteiger partial charge in [-0.25, -0.2) is 0 Å². The average Bonchev–Trinajstić information content (AvgIpc) is 2.66. The SMILES string of the molecule is C=C[C@@H]1O[C@@H](OCC)[C@H](C(=O)OC)[C@H]1CI. The summed E-state index contributed by atoms with van der Waals surface area (Å²) >= 11 is 2.24. The molecule has 4 nitrogen and oxygen atoms in total. The standard InChI is InChI=1S/C11H17IO4/c1-4-8-7(6-12)9(10(13)14-3)11(16-8)15-5-2/h4,7-9,11H,1,5-6H2,2-3H3/t7-,8-,9-,11+/m0/s1. The number of hydrogen-bond donors (Lipinski definition) is 0. The Labute approximate surface area is 109 Å². The van der Waals surface area contributed by atoms with Gasteiger partial charge in [-0.1, -0.05) is 28.7 Å². The van der Waals surface area contributed by atoms with Gasteiger partial charge in [0.2, 0.25) is 0 Å². The van der Waals surface area contributed by atoms with Crippen LogP contribution in [0.25, 0.3) is 0 Å². The van der Waals surface area contributed by atoms with E-state index in [2.05, 4.69) is 29.2 Å². The molecule has 0 amide bonds. The van der Waals surface area contributed by atoms with Crippen molar-refractivity contribution < 1.29 is 19.0 Å². The summed E-state index contributed by atoms with van der Waals surface area (Å²) in [5.41, 5.74) is 0. The van der Waals surface area contributed by atoms with Crippen LogP contribution in [-0.2, 0) is 19.0 Å². The molecule has 92 valence electrons. The van der Waals surface area contributed by atoms with Crippen LogP contribution in [0.5, 0.6) is 0 Å². The highest BCUT2D eigenvalue weighted by atomic mass is 127. The molecule has 0 spiro atoms. The molecule has 0 saturated carbocycles. The number of esters is 1. The lowest BCUT2D eigenvalue weighted by atomic mass is 9.92. The smallest absolute Gasteiger partial charge is 0.314 e. The highest BCUT2D eigenvalue weighted by Gasteiger charge is 2.47. The van der Waals surface area contributed by atoms with E-state index in [1.54, 1.807) is 6.08 Å². The zero-order chi connectivity index (χ0) is 12.1. The molecule has 0 radical (unpaired) electrons. The van der Waals surface area contributed by atoms with Gasteiger partial charge in [0.05, 0.1) is 13.2 Å². The molecule has 0 aliphatic carbocycles. The van der Waals surface area contributed by atoms with E-state index in [1.165, 1.54) is 7.11 Å². The first-order chi connectivity index (χ1) is 7.69. The molecule has 1 fully saturated rings. The van der Waals surface area contributed by atoms with Crippen LogP contribution in [0.3, 0.4) is 0 Å². The molecule has 1 rings (SSSR count). The molecule has 0 bridgehead atoms. The molecule has 5 heteroatoms. The van der Waals surface area contributed by atoms with Crippen LogP contribution < -0.4 is 0 Å². The van der Waals surface area contributed by atoms with E-state index in [0.29, 0.717) is 6.61 Å². The minimum atomic E-state index is -0.514. The molecular formula is C11H17IO4. The van der Waals surface area contributed by atoms with Crippen molar-refractivity contribution in [2.24, 2.45) is 11.8 Å². The summed E-state index contributed by atoms with van der Waals surface area (Å²) < 4.78 is 16.7. The molecule has 0 N–H and O–H groups in total. The molecule has 0 aromatic heterocycles. The molecule has 1 aliphatic heterocycles. The van der Waals surface area contributed by atoms with E-state index in [-0.39, 0.29) is 23.9 Å². The molecule has 16 heavy (non-hydrogen) atoms. The predicted octanol–water partition coefficient (Wildman–Crippen LogP) is 1.77. The van der Waals surface area contributed by atoms with Crippen molar-refractivity contribution in [3.8, 4) is 0 Å². The second-order valence-electron chi connectivity index (χ2n) is 3.53. The van der Waals surface area contributed by atoms with Gasteiger partial charge in [-0.3, -0.25) is 4.79 Å². The van der Waals surface area contributed by atoms with Crippen molar-refractivity contribution in [1.29, 1.82) is 0 Å². The summed E-state index contributed by atoms with van der Waals surface area (Å²) in [5, 5.41) is 0. The lowest BCUT2D eigenvalue weighted by Crippen LogP contribution is -2.33. The van der Waals surface area contributed by atoms with Gasteiger partial charge in [0.15, 0.2) is 6.29 Å².